The Balaban J connectivity index is 2.07. The Bertz CT molecular complexity index is 1450. The van der Waals surface area contributed by atoms with E-state index in [1.807, 2.05) is 20.8 Å². The number of hydrogen-bond acceptors (Lipinski definition) is 4. The zero-order chi connectivity index (χ0) is 30.2. The van der Waals surface area contributed by atoms with Gasteiger partial charge in [-0.25, -0.2) is 8.42 Å². The van der Waals surface area contributed by atoms with Crippen LogP contribution in [-0.2, 0) is 26.2 Å². The van der Waals surface area contributed by atoms with Crippen LogP contribution in [0.1, 0.15) is 49.8 Å². The summed E-state index contributed by atoms with van der Waals surface area (Å²) in [6, 6.07) is 17.6. The minimum Gasteiger partial charge on any atom is -0.354 e. The molecule has 3 aromatic carbocycles. The normalized spacial score (nSPS) is 12.0. The van der Waals surface area contributed by atoms with Crippen LogP contribution in [0, 0.1) is 13.8 Å². The Kier molecular flexibility index (Phi) is 11.6. The number of unbranched alkanes of at least 4 members (excludes halogenated alkanes) is 1. The van der Waals surface area contributed by atoms with Gasteiger partial charge in [-0.15, -0.1) is 0 Å². The first-order valence-corrected chi connectivity index (χ1v) is 15.8. The first kappa shape index (κ1) is 32.4. The lowest BCUT2D eigenvalue weighted by atomic mass is 10.1. The number of sulfonamides is 1. The van der Waals surface area contributed by atoms with Gasteiger partial charge in [0.05, 0.1) is 10.6 Å². The van der Waals surface area contributed by atoms with Crippen LogP contribution < -0.4 is 9.62 Å². The monoisotopic (exact) mass is 617 g/mol. The standard InChI is InChI=1S/C31H37Cl2N3O4S/c1-5-7-19-34-31(38)28(6-2)35(20-24-13-15-25(32)16-14-24)30(37)21-36(29-10-8-9-27(33)23(29)4)41(39,40)26-17-11-22(3)12-18-26/h8-18,28H,5-7,19-21H2,1-4H3,(H,34,38). The van der Waals surface area contributed by atoms with E-state index in [1.54, 1.807) is 61.5 Å². The number of benzene rings is 3. The van der Waals surface area contributed by atoms with Crippen LogP contribution in [0.3, 0.4) is 0 Å². The molecule has 0 aliphatic rings. The highest BCUT2D eigenvalue weighted by Gasteiger charge is 2.34. The van der Waals surface area contributed by atoms with E-state index in [1.165, 1.54) is 17.0 Å². The Morgan fingerprint density at radius 3 is 2.20 bits per heavy atom. The first-order valence-electron chi connectivity index (χ1n) is 13.7. The Morgan fingerprint density at radius 1 is 0.927 bits per heavy atom. The molecular formula is C31H37Cl2N3O4S. The quantitative estimate of drug-likeness (QED) is 0.221. The molecule has 220 valence electrons. The van der Waals surface area contributed by atoms with Crippen molar-refractivity contribution in [1.29, 1.82) is 0 Å². The summed E-state index contributed by atoms with van der Waals surface area (Å²) < 4.78 is 29.1. The third kappa shape index (κ3) is 8.24. The first-order chi connectivity index (χ1) is 19.5. The van der Waals surface area contributed by atoms with Gasteiger partial charge >= 0.3 is 0 Å². The molecule has 0 aliphatic heterocycles. The van der Waals surface area contributed by atoms with E-state index in [2.05, 4.69) is 5.32 Å². The average Bonchev–Trinajstić information content (AvgIpc) is 2.94. The highest BCUT2D eigenvalue weighted by Crippen LogP contribution is 2.31. The van der Waals surface area contributed by atoms with Crippen molar-refractivity contribution in [2.45, 2.75) is 64.4 Å². The van der Waals surface area contributed by atoms with Crippen LogP contribution >= 0.6 is 23.2 Å². The van der Waals surface area contributed by atoms with E-state index in [9.17, 15) is 18.0 Å². The number of nitrogens with zero attached hydrogens (tertiary/aromatic N) is 2. The molecule has 3 aromatic rings. The number of carbonyl (C=O) groups excluding carboxylic acids is 2. The van der Waals surface area contributed by atoms with E-state index in [-0.39, 0.29) is 17.3 Å². The number of halogens is 2. The maximum Gasteiger partial charge on any atom is 0.264 e. The number of rotatable bonds is 13. The number of anilines is 1. The molecule has 0 saturated heterocycles. The van der Waals surface area contributed by atoms with Gasteiger partial charge in [0.25, 0.3) is 10.0 Å². The van der Waals surface area contributed by atoms with E-state index in [4.69, 9.17) is 23.2 Å². The third-order valence-corrected chi connectivity index (χ3v) is 9.31. The van der Waals surface area contributed by atoms with Gasteiger partial charge in [-0.3, -0.25) is 13.9 Å². The van der Waals surface area contributed by atoms with Crippen LogP contribution in [0.5, 0.6) is 0 Å². The van der Waals surface area contributed by atoms with Crippen LogP contribution in [0.25, 0.3) is 0 Å². The molecular weight excluding hydrogens is 581 g/mol. The van der Waals surface area contributed by atoms with E-state index >= 15 is 0 Å². The second-order valence-electron chi connectivity index (χ2n) is 9.93. The lowest BCUT2D eigenvalue weighted by molar-refractivity contribution is -0.140. The second-order valence-corrected chi connectivity index (χ2v) is 12.6. The molecule has 0 fully saturated rings. The summed E-state index contributed by atoms with van der Waals surface area (Å²) in [5.74, 6) is -0.803. The van der Waals surface area contributed by atoms with Crippen molar-refractivity contribution >= 4 is 50.7 Å². The van der Waals surface area contributed by atoms with Gasteiger partial charge in [0.1, 0.15) is 12.6 Å². The molecule has 0 radical (unpaired) electrons. The van der Waals surface area contributed by atoms with E-state index in [0.29, 0.717) is 34.3 Å². The molecule has 1 N–H and O–H groups in total. The predicted octanol–water partition coefficient (Wildman–Crippen LogP) is 6.53. The molecule has 7 nitrogen and oxygen atoms in total. The zero-order valence-electron chi connectivity index (χ0n) is 23.9. The fraction of sp³-hybridized carbons (Fsp3) is 0.355. The van der Waals surface area contributed by atoms with Crippen molar-refractivity contribution < 1.29 is 18.0 Å². The van der Waals surface area contributed by atoms with Gasteiger partial charge < -0.3 is 10.2 Å². The van der Waals surface area contributed by atoms with Crippen molar-refractivity contribution in [3.8, 4) is 0 Å². The van der Waals surface area contributed by atoms with Crippen molar-refractivity contribution in [3.05, 3.63) is 93.5 Å². The second kappa shape index (κ2) is 14.7. The van der Waals surface area contributed by atoms with Gasteiger partial charge in [0, 0.05) is 23.1 Å². The maximum atomic E-state index is 14.1. The summed E-state index contributed by atoms with van der Waals surface area (Å²) in [6.07, 6.45) is 2.07. The number of amides is 2. The third-order valence-electron chi connectivity index (χ3n) is 6.88. The minimum absolute atomic E-state index is 0.0453. The van der Waals surface area contributed by atoms with Crippen LogP contribution in [0.4, 0.5) is 5.69 Å². The van der Waals surface area contributed by atoms with Crippen molar-refractivity contribution in [1.82, 2.24) is 10.2 Å². The summed E-state index contributed by atoms with van der Waals surface area (Å²) >= 11 is 12.5. The average molecular weight is 619 g/mol. The number of nitrogens with one attached hydrogen (secondary N) is 1. The topological polar surface area (TPSA) is 86.8 Å². The summed E-state index contributed by atoms with van der Waals surface area (Å²) in [4.78, 5) is 28.9. The molecule has 2 amide bonds. The molecule has 41 heavy (non-hydrogen) atoms. The number of carbonyl (C=O) groups is 2. The maximum absolute atomic E-state index is 14.1. The van der Waals surface area contributed by atoms with E-state index < -0.39 is 28.5 Å². The van der Waals surface area contributed by atoms with Crippen molar-refractivity contribution in [2.24, 2.45) is 0 Å². The van der Waals surface area contributed by atoms with Crippen LogP contribution in [-0.4, -0.2) is 44.3 Å². The molecule has 0 aliphatic carbocycles. The summed E-state index contributed by atoms with van der Waals surface area (Å²) in [7, 11) is -4.18. The predicted molar refractivity (Wildman–Crippen MR) is 166 cm³/mol. The molecule has 0 bridgehead atoms. The summed E-state index contributed by atoms with van der Waals surface area (Å²) in [5, 5.41) is 3.84. The van der Waals surface area contributed by atoms with Crippen LogP contribution in [0.15, 0.2) is 71.6 Å². The number of hydrogen-bond donors (Lipinski definition) is 1. The van der Waals surface area contributed by atoms with Gasteiger partial charge in [-0.1, -0.05) is 79.4 Å². The van der Waals surface area contributed by atoms with Gasteiger partial charge in [-0.05, 0) is 74.2 Å². The van der Waals surface area contributed by atoms with Crippen molar-refractivity contribution in [3.63, 3.8) is 0 Å². The Hall–Kier alpha value is -3.07. The van der Waals surface area contributed by atoms with Gasteiger partial charge in [0.2, 0.25) is 11.8 Å². The summed E-state index contributed by atoms with van der Waals surface area (Å²) in [6.45, 7) is 7.50. The molecule has 10 heteroatoms. The molecule has 1 unspecified atom stereocenters. The summed E-state index contributed by atoms with van der Waals surface area (Å²) in [5.41, 5.74) is 2.47. The molecule has 3 rings (SSSR count). The molecule has 0 heterocycles. The molecule has 1 atom stereocenters. The zero-order valence-corrected chi connectivity index (χ0v) is 26.2. The Labute approximate surface area is 253 Å². The smallest absolute Gasteiger partial charge is 0.264 e. The lowest BCUT2D eigenvalue weighted by Gasteiger charge is -2.33. The van der Waals surface area contributed by atoms with Crippen LogP contribution in [0.2, 0.25) is 10.0 Å². The number of aryl methyl sites for hydroxylation is 1. The molecule has 0 aromatic heterocycles. The largest absolute Gasteiger partial charge is 0.354 e. The fourth-order valence-corrected chi connectivity index (χ4v) is 6.20. The SMILES string of the molecule is CCCCNC(=O)C(CC)N(Cc1ccc(Cl)cc1)C(=O)CN(c1cccc(Cl)c1C)S(=O)(=O)c1ccc(C)cc1. The fourth-order valence-electron chi connectivity index (χ4n) is 4.43. The highest BCUT2D eigenvalue weighted by molar-refractivity contribution is 7.92. The van der Waals surface area contributed by atoms with Crippen molar-refractivity contribution in [2.75, 3.05) is 17.4 Å². The highest BCUT2D eigenvalue weighted by atomic mass is 35.5. The van der Waals surface area contributed by atoms with Gasteiger partial charge in [0.15, 0.2) is 0 Å². The lowest BCUT2D eigenvalue weighted by Crippen LogP contribution is -2.52. The minimum atomic E-state index is -4.18. The van der Waals surface area contributed by atoms with E-state index in [0.717, 1.165) is 28.3 Å². The van der Waals surface area contributed by atoms with Gasteiger partial charge in [-0.2, -0.15) is 0 Å². The molecule has 0 saturated carbocycles. The Morgan fingerprint density at radius 2 is 1.59 bits per heavy atom. The molecule has 0 spiro atoms.